The SMILES string of the molecule is O=C(O)C12CN(Cc3ccccc3)CC1C(O)(c1ccccc1C(F)(F)F)CCC2c1ccccc1. The molecule has 5 rings (SSSR count). The van der Waals surface area contributed by atoms with Crippen LogP contribution < -0.4 is 0 Å². The number of halogens is 3. The zero-order valence-corrected chi connectivity index (χ0v) is 19.7. The second kappa shape index (κ2) is 9.05. The monoisotopic (exact) mass is 495 g/mol. The Kier molecular flexibility index (Phi) is 6.17. The molecule has 0 spiro atoms. The number of carbonyl (C=O) groups is 1. The number of aliphatic hydroxyl groups is 1. The molecule has 2 N–H and O–H groups in total. The molecule has 1 saturated carbocycles. The summed E-state index contributed by atoms with van der Waals surface area (Å²) in [6, 6.07) is 23.9. The lowest BCUT2D eigenvalue weighted by Crippen LogP contribution is -2.56. The van der Waals surface area contributed by atoms with E-state index in [0.29, 0.717) is 6.54 Å². The van der Waals surface area contributed by atoms with Gasteiger partial charge in [0.15, 0.2) is 0 Å². The highest BCUT2D eigenvalue weighted by atomic mass is 19.4. The summed E-state index contributed by atoms with van der Waals surface area (Å²) in [6.07, 6.45) is -4.37. The van der Waals surface area contributed by atoms with Crippen molar-refractivity contribution in [3.63, 3.8) is 0 Å². The normalized spacial score (nSPS) is 28.6. The molecule has 0 aromatic heterocycles. The van der Waals surface area contributed by atoms with Crippen molar-refractivity contribution in [2.75, 3.05) is 13.1 Å². The van der Waals surface area contributed by atoms with Crippen LogP contribution in [0.15, 0.2) is 84.9 Å². The maximum absolute atomic E-state index is 14.0. The molecule has 1 aliphatic carbocycles. The molecule has 2 aliphatic rings. The van der Waals surface area contributed by atoms with E-state index in [0.717, 1.165) is 17.2 Å². The Morgan fingerprint density at radius 1 is 0.944 bits per heavy atom. The molecule has 4 atom stereocenters. The molecule has 0 bridgehead atoms. The van der Waals surface area contributed by atoms with Gasteiger partial charge in [0.1, 0.15) is 0 Å². The fraction of sp³-hybridized carbons (Fsp3) is 0.345. The first-order valence-corrected chi connectivity index (χ1v) is 12.1. The van der Waals surface area contributed by atoms with Crippen LogP contribution in [-0.2, 0) is 23.1 Å². The summed E-state index contributed by atoms with van der Waals surface area (Å²) in [5.41, 5.74) is -2.74. The van der Waals surface area contributed by atoms with Gasteiger partial charge in [0.2, 0.25) is 0 Å². The molecule has 0 amide bonds. The number of likely N-dealkylation sites (tertiary alicyclic amines) is 1. The third kappa shape index (κ3) is 4.00. The van der Waals surface area contributed by atoms with E-state index in [-0.39, 0.29) is 31.5 Å². The maximum atomic E-state index is 14.0. The van der Waals surface area contributed by atoms with E-state index in [9.17, 15) is 28.2 Å². The number of nitrogens with zero attached hydrogens (tertiary/aromatic N) is 1. The summed E-state index contributed by atoms with van der Waals surface area (Å²) in [6.45, 7) is 0.760. The van der Waals surface area contributed by atoms with E-state index < -0.39 is 40.6 Å². The predicted octanol–water partition coefficient (Wildman–Crippen LogP) is 5.67. The van der Waals surface area contributed by atoms with Crippen molar-refractivity contribution in [3.8, 4) is 0 Å². The van der Waals surface area contributed by atoms with Gasteiger partial charge < -0.3 is 10.2 Å². The van der Waals surface area contributed by atoms with Crippen molar-refractivity contribution in [1.82, 2.24) is 4.90 Å². The number of rotatable bonds is 5. The van der Waals surface area contributed by atoms with Crippen molar-refractivity contribution in [3.05, 3.63) is 107 Å². The standard InChI is InChI=1S/C29H28F3NO3/c30-29(31,32)24-14-8-7-13-23(24)28(36)16-15-22(21-11-5-2-6-12-21)27(26(34)35)19-33(18-25(27)28)17-20-9-3-1-4-10-20/h1-14,22,25,36H,15-19H2,(H,34,35). The zero-order chi connectivity index (χ0) is 25.6. The quantitative estimate of drug-likeness (QED) is 0.479. The summed E-state index contributed by atoms with van der Waals surface area (Å²) in [7, 11) is 0. The smallest absolute Gasteiger partial charge is 0.416 e. The van der Waals surface area contributed by atoms with Gasteiger partial charge in [-0.2, -0.15) is 13.2 Å². The average molecular weight is 496 g/mol. The summed E-state index contributed by atoms with van der Waals surface area (Å²) in [5, 5.41) is 22.9. The van der Waals surface area contributed by atoms with Gasteiger partial charge in [-0.25, -0.2) is 0 Å². The van der Waals surface area contributed by atoms with Crippen molar-refractivity contribution < 1.29 is 28.2 Å². The van der Waals surface area contributed by atoms with E-state index in [1.54, 1.807) is 0 Å². The second-order valence-electron chi connectivity index (χ2n) is 10.0. The van der Waals surface area contributed by atoms with Crippen LogP contribution in [-0.4, -0.2) is 34.2 Å². The van der Waals surface area contributed by atoms with E-state index in [4.69, 9.17) is 0 Å². The Hall–Kier alpha value is -3.16. The van der Waals surface area contributed by atoms with Gasteiger partial charge in [-0.15, -0.1) is 0 Å². The molecule has 4 unspecified atom stereocenters. The molecule has 1 aliphatic heterocycles. The van der Waals surface area contributed by atoms with Gasteiger partial charge in [0.25, 0.3) is 0 Å². The topological polar surface area (TPSA) is 60.8 Å². The number of benzene rings is 3. The van der Waals surface area contributed by atoms with Gasteiger partial charge >= 0.3 is 12.1 Å². The van der Waals surface area contributed by atoms with E-state index in [2.05, 4.69) is 0 Å². The highest BCUT2D eigenvalue weighted by Crippen LogP contribution is 2.62. The number of fused-ring (bicyclic) bond motifs is 1. The summed E-state index contributed by atoms with van der Waals surface area (Å²) >= 11 is 0. The second-order valence-corrected chi connectivity index (χ2v) is 10.0. The largest absolute Gasteiger partial charge is 0.481 e. The zero-order valence-electron chi connectivity index (χ0n) is 19.7. The van der Waals surface area contributed by atoms with E-state index >= 15 is 0 Å². The summed E-state index contributed by atoms with van der Waals surface area (Å²) in [4.78, 5) is 15.1. The molecule has 1 saturated heterocycles. The van der Waals surface area contributed by atoms with Crippen LogP contribution in [0, 0.1) is 11.3 Å². The number of carboxylic acid groups (broad SMARTS) is 1. The van der Waals surface area contributed by atoms with Crippen LogP contribution in [0.5, 0.6) is 0 Å². The average Bonchev–Trinajstić information content (AvgIpc) is 3.26. The first-order valence-electron chi connectivity index (χ1n) is 12.1. The Balaban J connectivity index is 1.65. The molecule has 1 heterocycles. The third-order valence-electron chi connectivity index (χ3n) is 8.11. The lowest BCUT2D eigenvalue weighted by Gasteiger charge is -2.51. The fourth-order valence-corrected chi connectivity index (χ4v) is 6.60. The number of hydrogen-bond acceptors (Lipinski definition) is 3. The Morgan fingerprint density at radius 2 is 1.56 bits per heavy atom. The number of alkyl halides is 3. The van der Waals surface area contributed by atoms with Crippen molar-refractivity contribution in [2.24, 2.45) is 11.3 Å². The highest BCUT2D eigenvalue weighted by Gasteiger charge is 2.67. The molecule has 188 valence electrons. The molecule has 36 heavy (non-hydrogen) atoms. The Bertz CT molecular complexity index is 1230. The van der Waals surface area contributed by atoms with Crippen molar-refractivity contribution >= 4 is 5.97 Å². The van der Waals surface area contributed by atoms with Crippen LogP contribution in [0.25, 0.3) is 0 Å². The maximum Gasteiger partial charge on any atom is 0.416 e. The summed E-state index contributed by atoms with van der Waals surface area (Å²) < 4.78 is 42.1. The van der Waals surface area contributed by atoms with Crippen molar-refractivity contribution in [2.45, 2.75) is 37.1 Å². The number of aliphatic carboxylic acids is 1. The van der Waals surface area contributed by atoms with Crippen LogP contribution in [0.3, 0.4) is 0 Å². The minimum atomic E-state index is -4.67. The highest BCUT2D eigenvalue weighted by molar-refractivity contribution is 5.78. The van der Waals surface area contributed by atoms with Gasteiger partial charge in [-0.1, -0.05) is 78.9 Å². The molecule has 7 heteroatoms. The lowest BCUT2D eigenvalue weighted by molar-refractivity contribution is -0.172. The Labute approximate surface area is 208 Å². The first-order chi connectivity index (χ1) is 17.2. The van der Waals surface area contributed by atoms with E-state index in [1.165, 1.54) is 18.2 Å². The molecule has 3 aromatic rings. The minimum Gasteiger partial charge on any atom is -0.481 e. The van der Waals surface area contributed by atoms with Crippen molar-refractivity contribution in [1.29, 1.82) is 0 Å². The minimum absolute atomic E-state index is 0.0402. The van der Waals surface area contributed by atoms with Gasteiger partial charge in [-0.05, 0) is 35.6 Å². The Morgan fingerprint density at radius 3 is 2.19 bits per heavy atom. The molecule has 4 nitrogen and oxygen atoms in total. The van der Waals surface area contributed by atoms with Crippen LogP contribution in [0.2, 0.25) is 0 Å². The van der Waals surface area contributed by atoms with Gasteiger partial charge in [-0.3, -0.25) is 9.69 Å². The molecular weight excluding hydrogens is 467 g/mol. The van der Waals surface area contributed by atoms with E-state index in [1.807, 2.05) is 65.6 Å². The van der Waals surface area contributed by atoms with Crippen LogP contribution >= 0.6 is 0 Å². The lowest BCUT2D eigenvalue weighted by atomic mass is 9.53. The molecular formula is C29H28F3NO3. The predicted molar refractivity (Wildman–Crippen MR) is 129 cm³/mol. The number of carboxylic acids is 1. The van der Waals surface area contributed by atoms with Gasteiger partial charge in [0.05, 0.1) is 16.6 Å². The summed E-state index contributed by atoms with van der Waals surface area (Å²) in [5.74, 6) is -2.46. The molecule has 0 radical (unpaired) electrons. The number of hydrogen-bond donors (Lipinski definition) is 2. The molecule has 3 aromatic carbocycles. The van der Waals surface area contributed by atoms with Crippen LogP contribution in [0.1, 0.15) is 41.0 Å². The van der Waals surface area contributed by atoms with Gasteiger partial charge in [0, 0.05) is 31.5 Å². The first kappa shape index (κ1) is 24.5. The van der Waals surface area contributed by atoms with Crippen LogP contribution in [0.4, 0.5) is 13.2 Å². The third-order valence-corrected chi connectivity index (χ3v) is 8.11. The molecule has 2 fully saturated rings. The fourth-order valence-electron chi connectivity index (χ4n) is 6.60.